The molecular formula is C17H25N5O2. The van der Waals surface area contributed by atoms with Crippen molar-refractivity contribution in [2.75, 3.05) is 45.2 Å². The first kappa shape index (κ1) is 16.7. The zero-order valence-electron chi connectivity index (χ0n) is 14.7. The van der Waals surface area contributed by atoms with Gasteiger partial charge >= 0.3 is 0 Å². The number of likely N-dealkylation sites (N-methyl/N-ethyl adjacent to an activating group) is 1. The Morgan fingerprint density at radius 1 is 1.25 bits per heavy atom. The van der Waals surface area contributed by atoms with Crippen molar-refractivity contribution in [3.8, 4) is 0 Å². The van der Waals surface area contributed by atoms with E-state index in [9.17, 15) is 9.59 Å². The lowest BCUT2D eigenvalue weighted by Crippen LogP contribution is -2.49. The Hall–Kier alpha value is -2.18. The van der Waals surface area contributed by atoms with Crippen LogP contribution in [0.5, 0.6) is 0 Å². The molecule has 0 unspecified atom stereocenters. The second-order valence-electron chi connectivity index (χ2n) is 7.10. The molecule has 24 heavy (non-hydrogen) atoms. The van der Waals surface area contributed by atoms with Crippen LogP contribution in [0.3, 0.4) is 0 Å². The van der Waals surface area contributed by atoms with Crippen molar-refractivity contribution in [3.63, 3.8) is 0 Å². The lowest BCUT2D eigenvalue weighted by Gasteiger charge is -2.39. The summed E-state index contributed by atoms with van der Waals surface area (Å²) in [4.78, 5) is 30.3. The highest BCUT2D eigenvalue weighted by molar-refractivity contribution is 5.90. The van der Waals surface area contributed by atoms with Gasteiger partial charge in [-0.1, -0.05) is 0 Å². The van der Waals surface area contributed by atoms with Gasteiger partial charge in [0.25, 0.3) is 0 Å². The van der Waals surface area contributed by atoms with E-state index < -0.39 is 0 Å². The molecule has 0 bridgehead atoms. The topological polar surface area (TPSA) is 69.6 Å². The number of aromatic nitrogens is 2. The van der Waals surface area contributed by atoms with Gasteiger partial charge < -0.3 is 14.7 Å². The number of nitrogens with zero attached hydrogens (tertiary/aromatic N) is 5. The number of carbonyl (C=O) groups is 2. The van der Waals surface area contributed by atoms with Gasteiger partial charge in [-0.3, -0.25) is 9.59 Å². The molecule has 0 saturated carbocycles. The van der Waals surface area contributed by atoms with Gasteiger partial charge in [0, 0.05) is 33.7 Å². The van der Waals surface area contributed by atoms with Crippen LogP contribution in [0.4, 0.5) is 5.82 Å². The largest absolute Gasteiger partial charge is 0.354 e. The van der Waals surface area contributed by atoms with Gasteiger partial charge in [0.1, 0.15) is 0 Å². The third-order valence-corrected chi connectivity index (χ3v) is 5.11. The maximum atomic E-state index is 13.0. The quantitative estimate of drug-likeness (QED) is 0.815. The minimum atomic E-state index is -0.378. The fourth-order valence-electron chi connectivity index (χ4n) is 3.61. The molecule has 1 spiro atoms. The molecule has 2 saturated heterocycles. The van der Waals surface area contributed by atoms with Crippen LogP contribution in [0.15, 0.2) is 12.1 Å². The van der Waals surface area contributed by atoms with E-state index in [2.05, 4.69) is 15.1 Å². The summed E-state index contributed by atoms with van der Waals surface area (Å²) in [5.74, 6) is 0.912. The highest BCUT2D eigenvalue weighted by Crippen LogP contribution is 2.40. The Morgan fingerprint density at radius 3 is 2.71 bits per heavy atom. The summed E-state index contributed by atoms with van der Waals surface area (Å²) in [6.07, 6.45) is 2.65. The zero-order valence-corrected chi connectivity index (χ0v) is 14.7. The van der Waals surface area contributed by atoms with Crippen molar-refractivity contribution in [1.82, 2.24) is 20.0 Å². The summed E-state index contributed by atoms with van der Waals surface area (Å²) in [6.45, 7) is 4.30. The van der Waals surface area contributed by atoms with Gasteiger partial charge in [0.2, 0.25) is 11.8 Å². The number of piperidine rings is 1. The molecule has 3 heterocycles. The molecule has 3 rings (SSSR count). The van der Waals surface area contributed by atoms with Gasteiger partial charge in [0.15, 0.2) is 5.82 Å². The second-order valence-corrected chi connectivity index (χ2v) is 7.10. The van der Waals surface area contributed by atoms with Crippen molar-refractivity contribution in [2.45, 2.75) is 26.2 Å². The third kappa shape index (κ3) is 3.07. The molecule has 7 heteroatoms. The van der Waals surface area contributed by atoms with Crippen LogP contribution < -0.4 is 4.90 Å². The van der Waals surface area contributed by atoms with Gasteiger partial charge in [-0.2, -0.15) is 5.10 Å². The third-order valence-electron chi connectivity index (χ3n) is 5.11. The SMILES string of the molecule is Cc1ccc(N2CCC[C@@]3(CCN(CC(=O)N(C)C)C3=O)C2)nn1. The van der Waals surface area contributed by atoms with Crippen LogP contribution in [0.2, 0.25) is 0 Å². The average molecular weight is 331 g/mol. The van der Waals surface area contributed by atoms with Crippen LogP contribution in [0.1, 0.15) is 25.0 Å². The number of likely N-dealkylation sites (tertiary alicyclic amines) is 1. The molecule has 0 aliphatic carbocycles. The number of carbonyl (C=O) groups excluding carboxylic acids is 2. The van der Waals surface area contributed by atoms with Crippen LogP contribution in [-0.4, -0.2) is 72.1 Å². The minimum Gasteiger partial charge on any atom is -0.354 e. The Balaban J connectivity index is 1.72. The normalized spacial score (nSPS) is 23.9. The lowest BCUT2D eigenvalue weighted by atomic mass is 9.78. The van der Waals surface area contributed by atoms with E-state index in [0.29, 0.717) is 13.1 Å². The minimum absolute atomic E-state index is 0.0301. The van der Waals surface area contributed by atoms with Crippen LogP contribution >= 0.6 is 0 Å². The van der Waals surface area contributed by atoms with Crippen molar-refractivity contribution in [1.29, 1.82) is 0 Å². The molecule has 2 aliphatic rings. The maximum Gasteiger partial charge on any atom is 0.241 e. The summed E-state index contributed by atoms with van der Waals surface area (Å²) in [5, 5.41) is 8.39. The van der Waals surface area contributed by atoms with E-state index >= 15 is 0 Å². The van der Waals surface area contributed by atoms with E-state index in [-0.39, 0.29) is 23.8 Å². The predicted molar refractivity (Wildman–Crippen MR) is 90.5 cm³/mol. The van der Waals surface area contributed by atoms with E-state index in [4.69, 9.17) is 0 Å². The lowest BCUT2D eigenvalue weighted by molar-refractivity contribution is -0.141. The smallest absolute Gasteiger partial charge is 0.241 e. The van der Waals surface area contributed by atoms with E-state index in [0.717, 1.165) is 37.3 Å². The van der Waals surface area contributed by atoms with Crippen molar-refractivity contribution in [2.24, 2.45) is 5.41 Å². The van der Waals surface area contributed by atoms with Gasteiger partial charge in [-0.25, -0.2) is 0 Å². The molecule has 7 nitrogen and oxygen atoms in total. The van der Waals surface area contributed by atoms with Gasteiger partial charge in [-0.05, 0) is 38.3 Å². The predicted octanol–water partition coefficient (Wildman–Crippen LogP) is 0.692. The second kappa shape index (κ2) is 6.37. The van der Waals surface area contributed by atoms with Crippen LogP contribution in [-0.2, 0) is 9.59 Å². The summed E-state index contributed by atoms with van der Waals surface area (Å²) in [6, 6.07) is 3.91. The number of hydrogen-bond acceptors (Lipinski definition) is 5. The molecule has 1 atom stereocenters. The van der Waals surface area contributed by atoms with Crippen molar-refractivity contribution in [3.05, 3.63) is 17.8 Å². The first-order valence-electron chi connectivity index (χ1n) is 8.46. The van der Waals surface area contributed by atoms with Gasteiger partial charge in [-0.15, -0.1) is 5.10 Å². The molecule has 0 aromatic carbocycles. The van der Waals surface area contributed by atoms with E-state index in [1.165, 1.54) is 4.90 Å². The van der Waals surface area contributed by atoms with Gasteiger partial charge in [0.05, 0.1) is 17.7 Å². The Labute approximate surface area is 142 Å². The first-order chi connectivity index (χ1) is 11.4. The average Bonchev–Trinajstić information content (AvgIpc) is 2.85. The Kier molecular flexibility index (Phi) is 4.43. The van der Waals surface area contributed by atoms with Crippen molar-refractivity contribution >= 4 is 17.6 Å². The fraction of sp³-hybridized carbons (Fsp3) is 0.647. The standard InChI is InChI=1S/C17H25N5O2/c1-13-5-6-14(19-18-13)22-9-4-7-17(12-22)8-10-21(16(17)24)11-15(23)20(2)3/h5-6H,4,7-12H2,1-3H3/t17-/m1/s1. The molecule has 2 amide bonds. The maximum absolute atomic E-state index is 13.0. The monoisotopic (exact) mass is 331 g/mol. The van der Waals surface area contributed by atoms with Crippen LogP contribution in [0, 0.1) is 12.3 Å². The van der Waals surface area contributed by atoms with E-state index in [1.54, 1.807) is 19.0 Å². The number of rotatable bonds is 3. The Bertz CT molecular complexity index is 630. The molecular weight excluding hydrogens is 306 g/mol. The number of amides is 2. The highest BCUT2D eigenvalue weighted by atomic mass is 16.2. The number of hydrogen-bond donors (Lipinski definition) is 0. The molecule has 2 aliphatic heterocycles. The molecule has 2 fully saturated rings. The molecule has 1 aromatic heterocycles. The molecule has 130 valence electrons. The first-order valence-corrected chi connectivity index (χ1v) is 8.46. The summed E-state index contributed by atoms with van der Waals surface area (Å²) in [7, 11) is 3.44. The summed E-state index contributed by atoms with van der Waals surface area (Å²) < 4.78 is 0. The molecule has 0 radical (unpaired) electrons. The highest BCUT2D eigenvalue weighted by Gasteiger charge is 2.49. The van der Waals surface area contributed by atoms with Crippen LogP contribution in [0.25, 0.3) is 0 Å². The summed E-state index contributed by atoms with van der Waals surface area (Å²) in [5.41, 5.74) is 0.507. The number of anilines is 1. The number of aryl methyl sites for hydroxylation is 1. The molecule has 1 aromatic rings. The Morgan fingerprint density at radius 2 is 2.04 bits per heavy atom. The van der Waals surface area contributed by atoms with E-state index in [1.807, 2.05) is 19.1 Å². The molecule has 0 N–H and O–H groups in total. The fourth-order valence-corrected chi connectivity index (χ4v) is 3.61. The van der Waals surface area contributed by atoms with Crippen molar-refractivity contribution < 1.29 is 9.59 Å². The zero-order chi connectivity index (χ0) is 17.3. The summed E-state index contributed by atoms with van der Waals surface area (Å²) >= 11 is 0.